The third-order valence-electron chi connectivity index (χ3n) is 2.68. The van der Waals surface area contributed by atoms with Crippen molar-refractivity contribution in [3.63, 3.8) is 0 Å². The van der Waals surface area contributed by atoms with Crippen LogP contribution in [0.15, 0.2) is 18.2 Å². The van der Waals surface area contributed by atoms with Gasteiger partial charge >= 0.3 is 0 Å². The van der Waals surface area contributed by atoms with Crippen molar-refractivity contribution in [3.05, 3.63) is 38.9 Å². The number of nitrogens with zero attached hydrogens (tertiary/aromatic N) is 1. The molecule has 0 saturated carbocycles. The van der Waals surface area contributed by atoms with Crippen molar-refractivity contribution >= 4 is 23.2 Å². The number of benzene rings is 1. The Kier molecular flexibility index (Phi) is 5.72. The summed E-state index contributed by atoms with van der Waals surface area (Å²) >= 11 is 5.89. The molecule has 0 aliphatic rings. The van der Waals surface area contributed by atoms with E-state index in [0.717, 1.165) is 0 Å². The highest BCUT2D eigenvalue weighted by Gasteiger charge is 2.14. The van der Waals surface area contributed by atoms with E-state index in [2.05, 4.69) is 5.32 Å². The zero-order valence-electron chi connectivity index (χ0n) is 10.4. The van der Waals surface area contributed by atoms with Gasteiger partial charge in [0.2, 0.25) is 5.91 Å². The summed E-state index contributed by atoms with van der Waals surface area (Å²) < 4.78 is 0. The molecule has 0 saturated heterocycles. The maximum atomic E-state index is 11.7. The molecule has 19 heavy (non-hydrogen) atoms. The van der Waals surface area contributed by atoms with Crippen molar-refractivity contribution in [2.75, 3.05) is 6.61 Å². The number of rotatable bonds is 6. The van der Waals surface area contributed by atoms with Crippen LogP contribution in [-0.2, 0) is 11.2 Å². The molecule has 0 bridgehead atoms. The Morgan fingerprint density at radius 3 is 2.74 bits per heavy atom. The van der Waals surface area contributed by atoms with Crippen molar-refractivity contribution in [3.8, 4) is 0 Å². The largest absolute Gasteiger partial charge is 0.394 e. The Morgan fingerprint density at radius 1 is 1.58 bits per heavy atom. The first kappa shape index (κ1) is 15.4. The first-order valence-corrected chi connectivity index (χ1v) is 6.18. The maximum absolute atomic E-state index is 11.7. The third-order valence-corrected chi connectivity index (χ3v) is 3.03. The molecule has 1 amide bonds. The number of amides is 1. The van der Waals surface area contributed by atoms with E-state index in [9.17, 15) is 14.9 Å². The number of hydrogen-bond donors (Lipinski definition) is 2. The number of aliphatic hydroxyl groups excluding tert-OH is 1. The van der Waals surface area contributed by atoms with Gasteiger partial charge in [0, 0.05) is 12.1 Å². The predicted molar refractivity (Wildman–Crippen MR) is 71.1 cm³/mol. The number of halogens is 1. The van der Waals surface area contributed by atoms with Crippen molar-refractivity contribution in [2.24, 2.45) is 0 Å². The predicted octanol–water partition coefficient (Wildman–Crippen LogP) is 1.68. The Balaban J connectivity index is 2.72. The van der Waals surface area contributed by atoms with Crippen LogP contribution in [-0.4, -0.2) is 28.6 Å². The van der Waals surface area contributed by atoms with Gasteiger partial charge < -0.3 is 10.4 Å². The average molecular weight is 287 g/mol. The second-order valence-electron chi connectivity index (χ2n) is 4.06. The molecule has 0 aromatic heterocycles. The number of hydrogen-bond acceptors (Lipinski definition) is 4. The smallest absolute Gasteiger partial charge is 0.270 e. The highest BCUT2D eigenvalue weighted by atomic mass is 35.5. The SMILES string of the molecule is CCC(CO)NC(=O)Cc1ccc([N+](=O)[O-])cc1Cl. The molecule has 0 fully saturated rings. The molecule has 7 heteroatoms. The molecule has 6 nitrogen and oxygen atoms in total. The van der Waals surface area contributed by atoms with E-state index in [1.807, 2.05) is 6.92 Å². The van der Waals surface area contributed by atoms with Crippen molar-refractivity contribution in [2.45, 2.75) is 25.8 Å². The van der Waals surface area contributed by atoms with Gasteiger partial charge in [0.15, 0.2) is 0 Å². The van der Waals surface area contributed by atoms with Gasteiger partial charge in [-0.3, -0.25) is 14.9 Å². The molecule has 0 heterocycles. The van der Waals surface area contributed by atoms with Crippen LogP contribution in [0, 0.1) is 10.1 Å². The summed E-state index contributed by atoms with van der Waals surface area (Å²) in [7, 11) is 0. The lowest BCUT2D eigenvalue weighted by atomic mass is 10.1. The minimum absolute atomic E-state index is 0.0212. The fourth-order valence-corrected chi connectivity index (χ4v) is 1.76. The lowest BCUT2D eigenvalue weighted by molar-refractivity contribution is -0.384. The van der Waals surface area contributed by atoms with Gasteiger partial charge in [0.1, 0.15) is 0 Å². The number of nitro benzene ring substituents is 1. The van der Waals surface area contributed by atoms with Crippen LogP contribution in [0.2, 0.25) is 5.02 Å². The fraction of sp³-hybridized carbons (Fsp3) is 0.417. The van der Waals surface area contributed by atoms with E-state index in [1.54, 1.807) is 0 Å². The summed E-state index contributed by atoms with van der Waals surface area (Å²) in [6.07, 6.45) is 0.642. The summed E-state index contributed by atoms with van der Waals surface area (Å²) in [5.41, 5.74) is 0.397. The minimum Gasteiger partial charge on any atom is -0.394 e. The standard InChI is InChI=1S/C12H15ClN2O4/c1-2-9(7-16)14-12(17)5-8-3-4-10(15(18)19)6-11(8)13/h3-4,6,9,16H,2,5,7H2,1H3,(H,14,17). The molecule has 1 aromatic rings. The van der Waals surface area contributed by atoms with Gasteiger partial charge in [0.05, 0.1) is 29.0 Å². The van der Waals surface area contributed by atoms with Gasteiger partial charge in [-0.1, -0.05) is 24.6 Å². The topological polar surface area (TPSA) is 92.5 Å². The molecule has 0 radical (unpaired) electrons. The molecule has 1 unspecified atom stereocenters. The van der Waals surface area contributed by atoms with Crippen molar-refractivity contribution in [1.82, 2.24) is 5.32 Å². The molecule has 104 valence electrons. The molecule has 1 atom stereocenters. The maximum Gasteiger partial charge on any atom is 0.270 e. The van der Waals surface area contributed by atoms with Crippen LogP contribution in [0.5, 0.6) is 0 Å². The Hall–Kier alpha value is -1.66. The number of carbonyl (C=O) groups is 1. The number of nitro groups is 1. The van der Waals surface area contributed by atoms with Crippen LogP contribution in [0.3, 0.4) is 0 Å². The summed E-state index contributed by atoms with van der Waals surface area (Å²) in [4.78, 5) is 21.7. The van der Waals surface area contributed by atoms with E-state index in [-0.39, 0.29) is 35.7 Å². The van der Waals surface area contributed by atoms with Crippen molar-refractivity contribution < 1.29 is 14.8 Å². The van der Waals surface area contributed by atoms with Gasteiger partial charge in [-0.15, -0.1) is 0 Å². The minimum atomic E-state index is -0.547. The van der Waals surface area contributed by atoms with E-state index in [1.165, 1.54) is 18.2 Å². The highest BCUT2D eigenvalue weighted by Crippen LogP contribution is 2.22. The molecule has 1 aromatic carbocycles. The lowest BCUT2D eigenvalue weighted by Gasteiger charge is -2.14. The summed E-state index contributed by atoms with van der Waals surface area (Å²) in [6.45, 7) is 1.72. The normalized spacial score (nSPS) is 11.9. The fourth-order valence-electron chi connectivity index (χ4n) is 1.52. The Morgan fingerprint density at radius 2 is 2.26 bits per heavy atom. The van der Waals surface area contributed by atoms with Gasteiger partial charge in [-0.25, -0.2) is 0 Å². The van der Waals surface area contributed by atoms with Crippen LogP contribution >= 0.6 is 11.6 Å². The van der Waals surface area contributed by atoms with Gasteiger partial charge in [-0.05, 0) is 12.0 Å². The van der Waals surface area contributed by atoms with Crippen LogP contribution in [0.25, 0.3) is 0 Å². The zero-order chi connectivity index (χ0) is 14.4. The quantitative estimate of drug-likeness (QED) is 0.614. The van der Waals surface area contributed by atoms with E-state index < -0.39 is 4.92 Å². The van der Waals surface area contributed by atoms with Gasteiger partial charge in [0.25, 0.3) is 5.69 Å². The Bertz CT molecular complexity index is 475. The molecule has 0 spiro atoms. The molecular weight excluding hydrogens is 272 g/mol. The second kappa shape index (κ2) is 7.06. The summed E-state index contributed by atoms with van der Waals surface area (Å²) in [5.74, 6) is -0.281. The zero-order valence-corrected chi connectivity index (χ0v) is 11.2. The first-order valence-electron chi connectivity index (χ1n) is 5.81. The lowest BCUT2D eigenvalue weighted by Crippen LogP contribution is -2.37. The van der Waals surface area contributed by atoms with Crippen LogP contribution < -0.4 is 5.32 Å². The third kappa shape index (κ3) is 4.50. The molecule has 0 aliphatic carbocycles. The molecule has 2 N–H and O–H groups in total. The van der Waals surface area contributed by atoms with Crippen molar-refractivity contribution in [1.29, 1.82) is 0 Å². The molecule has 1 rings (SSSR count). The number of aliphatic hydroxyl groups is 1. The number of carbonyl (C=O) groups excluding carboxylic acids is 1. The first-order chi connectivity index (χ1) is 8.97. The van der Waals surface area contributed by atoms with E-state index in [0.29, 0.717) is 12.0 Å². The molecule has 0 aliphatic heterocycles. The second-order valence-corrected chi connectivity index (χ2v) is 4.47. The summed E-state index contributed by atoms with van der Waals surface area (Å²) in [6, 6.07) is 3.69. The Labute approximate surface area is 115 Å². The van der Waals surface area contributed by atoms with E-state index >= 15 is 0 Å². The number of non-ortho nitro benzene ring substituents is 1. The average Bonchev–Trinajstić information content (AvgIpc) is 2.38. The highest BCUT2D eigenvalue weighted by molar-refractivity contribution is 6.31. The monoisotopic (exact) mass is 286 g/mol. The van der Waals surface area contributed by atoms with E-state index in [4.69, 9.17) is 16.7 Å². The molecular formula is C12H15ClN2O4. The van der Waals surface area contributed by atoms with Gasteiger partial charge in [-0.2, -0.15) is 0 Å². The summed E-state index contributed by atoms with van der Waals surface area (Å²) in [5, 5.41) is 22.4. The van der Waals surface area contributed by atoms with Crippen LogP contribution in [0.1, 0.15) is 18.9 Å². The number of nitrogens with one attached hydrogen (secondary N) is 1. The van der Waals surface area contributed by atoms with Crippen LogP contribution in [0.4, 0.5) is 5.69 Å².